The van der Waals surface area contributed by atoms with Gasteiger partial charge in [-0.3, -0.25) is 0 Å². The molecule has 2 nitrogen and oxygen atoms in total. The molecule has 1 aromatic carbocycles. The Morgan fingerprint density at radius 3 is 2.78 bits per heavy atom. The molecule has 0 aliphatic heterocycles. The lowest BCUT2D eigenvalue weighted by Crippen LogP contribution is -2.47. The maximum atomic E-state index is 13.4. The summed E-state index contributed by atoms with van der Waals surface area (Å²) in [6.45, 7) is 2.16. The molecule has 0 amide bonds. The highest BCUT2D eigenvalue weighted by Gasteiger charge is 2.31. The van der Waals surface area contributed by atoms with Crippen LogP contribution in [-0.2, 0) is 0 Å². The van der Waals surface area contributed by atoms with Gasteiger partial charge in [-0.2, -0.15) is 0 Å². The van der Waals surface area contributed by atoms with Crippen molar-refractivity contribution in [1.82, 2.24) is 5.32 Å². The molecule has 0 spiro atoms. The topological polar surface area (TPSA) is 32.3 Å². The molecule has 0 aromatic heterocycles. The number of thioether (sulfide) groups is 1. The van der Waals surface area contributed by atoms with Gasteiger partial charge in [0, 0.05) is 16.5 Å². The van der Waals surface area contributed by atoms with E-state index in [1.165, 1.54) is 30.7 Å². The normalized spacial score (nSPS) is 18.6. The van der Waals surface area contributed by atoms with Gasteiger partial charge in [0.05, 0.1) is 6.61 Å². The molecule has 0 heterocycles. The molecule has 0 radical (unpaired) electrons. The van der Waals surface area contributed by atoms with Crippen LogP contribution in [0.5, 0.6) is 0 Å². The minimum atomic E-state index is -0.237. The van der Waals surface area contributed by atoms with Gasteiger partial charge >= 0.3 is 0 Å². The quantitative estimate of drug-likeness (QED) is 0.747. The fraction of sp³-hybridized carbons (Fsp3) is 0.571. The molecule has 18 heavy (non-hydrogen) atoms. The number of hydrogen-bond donors (Lipinski definition) is 2. The fourth-order valence-corrected chi connectivity index (χ4v) is 3.02. The molecule has 1 unspecified atom stereocenters. The van der Waals surface area contributed by atoms with Crippen LogP contribution in [0.4, 0.5) is 4.39 Å². The molecule has 0 saturated heterocycles. The van der Waals surface area contributed by atoms with Crippen LogP contribution in [0.25, 0.3) is 0 Å². The molecule has 1 aliphatic rings. The Balaban J connectivity index is 1.81. The monoisotopic (exact) mass is 269 g/mol. The van der Waals surface area contributed by atoms with Crippen molar-refractivity contribution in [1.29, 1.82) is 0 Å². The van der Waals surface area contributed by atoms with Crippen LogP contribution in [0.15, 0.2) is 29.2 Å². The van der Waals surface area contributed by atoms with Crippen LogP contribution >= 0.6 is 11.8 Å². The third-order valence-corrected chi connectivity index (χ3v) is 4.28. The molecule has 0 bridgehead atoms. The molecule has 1 atom stereocenters. The first-order valence-electron chi connectivity index (χ1n) is 6.39. The van der Waals surface area contributed by atoms with Crippen molar-refractivity contribution in [2.45, 2.75) is 42.7 Å². The molecular weight excluding hydrogens is 249 g/mol. The van der Waals surface area contributed by atoms with Crippen molar-refractivity contribution in [2.75, 3.05) is 12.4 Å². The van der Waals surface area contributed by atoms with Crippen molar-refractivity contribution in [3.8, 4) is 0 Å². The van der Waals surface area contributed by atoms with Gasteiger partial charge in [0.2, 0.25) is 0 Å². The number of rotatable bonds is 7. The Hall–Kier alpha value is -0.580. The smallest absolute Gasteiger partial charge is 0.136 e. The van der Waals surface area contributed by atoms with Gasteiger partial charge in [0.15, 0.2) is 0 Å². The van der Waals surface area contributed by atoms with Gasteiger partial charge < -0.3 is 10.4 Å². The third kappa shape index (κ3) is 3.97. The Labute approximate surface area is 112 Å². The largest absolute Gasteiger partial charge is 0.394 e. The minimum Gasteiger partial charge on any atom is -0.394 e. The fourth-order valence-electron chi connectivity index (χ4n) is 1.87. The van der Waals surface area contributed by atoms with Gasteiger partial charge in [-0.05, 0) is 44.1 Å². The number of nitrogens with one attached hydrogen (secondary N) is 1. The summed E-state index contributed by atoms with van der Waals surface area (Å²) in [6.07, 6.45) is 3.24. The van der Waals surface area contributed by atoms with E-state index in [0.717, 1.165) is 12.2 Å². The van der Waals surface area contributed by atoms with Crippen molar-refractivity contribution in [2.24, 2.45) is 0 Å². The summed E-state index contributed by atoms with van der Waals surface area (Å²) in [5.74, 6) is 0.640. The van der Waals surface area contributed by atoms with E-state index in [9.17, 15) is 9.50 Å². The third-order valence-electron chi connectivity index (χ3n) is 3.23. The van der Waals surface area contributed by atoms with Gasteiger partial charge in [-0.25, -0.2) is 4.39 Å². The predicted octanol–water partition coefficient (Wildman–Crippen LogP) is 2.81. The lowest BCUT2D eigenvalue weighted by molar-refractivity contribution is 0.169. The first-order valence-corrected chi connectivity index (χ1v) is 7.37. The van der Waals surface area contributed by atoms with Crippen molar-refractivity contribution in [3.63, 3.8) is 0 Å². The van der Waals surface area contributed by atoms with Crippen molar-refractivity contribution >= 4 is 11.8 Å². The molecule has 4 heteroatoms. The zero-order chi connectivity index (χ0) is 13.0. The lowest BCUT2D eigenvalue weighted by atomic mass is 10.0. The molecule has 1 saturated carbocycles. The van der Waals surface area contributed by atoms with Crippen LogP contribution in [0.3, 0.4) is 0 Å². The highest BCUT2D eigenvalue weighted by atomic mass is 32.2. The summed E-state index contributed by atoms with van der Waals surface area (Å²) in [7, 11) is 0. The number of aliphatic hydroxyl groups is 1. The summed E-state index contributed by atoms with van der Waals surface area (Å²) < 4.78 is 13.4. The maximum absolute atomic E-state index is 13.4. The Morgan fingerprint density at radius 2 is 2.17 bits per heavy atom. The zero-order valence-corrected chi connectivity index (χ0v) is 11.5. The standard InChI is InChI=1S/C14H20FNOS/c1-14(10-17,16-11-6-7-11)8-9-18-13-5-3-2-4-12(13)15/h2-5,11,16-17H,6-10H2,1H3. The average molecular weight is 269 g/mol. The van der Waals surface area contributed by atoms with Gasteiger partial charge in [0.1, 0.15) is 5.82 Å². The average Bonchev–Trinajstić information content (AvgIpc) is 3.15. The number of halogens is 1. The van der Waals surface area contributed by atoms with Crippen molar-refractivity contribution < 1.29 is 9.50 Å². The first kappa shape index (κ1) is 13.8. The summed E-state index contributed by atoms with van der Waals surface area (Å²) in [6, 6.07) is 7.40. The van der Waals surface area contributed by atoms with E-state index in [-0.39, 0.29) is 18.0 Å². The Morgan fingerprint density at radius 1 is 1.44 bits per heavy atom. The second-order valence-corrected chi connectivity index (χ2v) is 6.30. The number of aliphatic hydroxyl groups excluding tert-OH is 1. The zero-order valence-electron chi connectivity index (χ0n) is 10.7. The lowest BCUT2D eigenvalue weighted by Gasteiger charge is -2.28. The van der Waals surface area contributed by atoms with Gasteiger partial charge in [-0.15, -0.1) is 11.8 Å². The van der Waals surface area contributed by atoms with Crippen molar-refractivity contribution in [3.05, 3.63) is 30.1 Å². The molecule has 100 valence electrons. The van der Waals surface area contributed by atoms with Gasteiger partial charge in [-0.1, -0.05) is 12.1 Å². The predicted molar refractivity (Wildman–Crippen MR) is 73.4 cm³/mol. The Bertz CT molecular complexity index is 397. The van der Waals surface area contributed by atoms with Crippen LogP contribution in [0.2, 0.25) is 0 Å². The molecule has 1 aliphatic carbocycles. The first-order chi connectivity index (χ1) is 8.63. The van der Waals surface area contributed by atoms with Crippen LogP contribution < -0.4 is 5.32 Å². The molecule has 1 aromatic rings. The van der Waals surface area contributed by atoms with Crippen LogP contribution in [-0.4, -0.2) is 29.0 Å². The van der Waals surface area contributed by atoms with E-state index < -0.39 is 0 Å². The van der Waals surface area contributed by atoms with E-state index in [1.807, 2.05) is 13.0 Å². The van der Waals surface area contributed by atoms with E-state index in [1.54, 1.807) is 12.1 Å². The minimum absolute atomic E-state index is 0.126. The molecule has 1 fully saturated rings. The molecular formula is C14H20FNOS. The number of benzene rings is 1. The molecule has 2 rings (SSSR count). The van der Waals surface area contributed by atoms with Gasteiger partial charge in [0.25, 0.3) is 0 Å². The van der Waals surface area contributed by atoms with Crippen LogP contribution in [0.1, 0.15) is 26.2 Å². The molecule has 2 N–H and O–H groups in total. The second kappa shape index (κ2) is 6.04. The van der Waals surface area contributed by atoms with E-state index in [4.69, 9.17) is 0 Å². The summed E-state index contributed by atoms with van der Waals surface area (Å²) in [4.78, 5) is 0.684. The highest BCUT2D eigenvalue weighted by molar-refractivity contribution is 7.99. The van der Waals surface area contributed by atoms with E-state index in [0.29, 0.717) is 10.9 Å². The van der Waals surface area contributed by atoms with E-state index >= 15 is 0 Å². The summed E-state index contributed by atoms with van der Waals surface area (Å²) in [5.41, 5.74) is -0.237. The van der Waals surface area contributed by atoms with E-state index in [2.05, 4.69) is 5.32 Å². The summed E-state index contributed by atoms with van der Waals surface area (Å²) >= 11 is 1.51. The second-order valence-electron chi connectivity index (χ2n) is 5.17. The maximum Gasteiger partial charge on any atom is 0.136 e. The highest BCUT2D eigenvalue weighted by Crippen LogP contribution is 2.27. The summed E-state index contributed by atoms with van der Waals surface area (Å²) in [5, 5.41) is 12.9. The SMILES string of the molecule is CC(CO)(CCSc1ccccc1F)NC1CC1. The number of hydrogen-bond acceptors (Lipinski definition) is 3. The van der Waals surface area contributed by atoms with Crippen LogP contribution in [0, 0.1) is 5.82 Å². The Kier molecular flexibility index (Phi) is 4.65.